The molecule has 0 saturated carbocycles. The van der Waals surface area contributed by atoms with Crippen molar-refractivity contribution in [3.05, 3.63) is 23.3 Å². The Balaban J connectivity index is 3.19. The van der Waals surface area contributed by atoms with Crippen molar-refractivity contribution in [1.29, 1.82) is 0 Å². The first kappa shape index (κ1) is 14.5. The molecule has 1 aliphatic carbocycles. The summed E-state index contributed by atoms with van der Waals surface area (Å²) in [7, 11) is 0. The lowest BCUT2D eigenvalue weighted by Gasteiger charge is -2.48. The summed E-state index contributed by atoms with van der Waals surface area (Å²) >= 11 is 0. The SMILES string of the molecule is CC1=CC(C)(C)C(C(C)=CC(C)O)C(C)(C)C1. The number of hydrogen-bond donors (Lipinski definition) is 1. The maximum absolute atomic E-state index is 9.55. The molecule has 1 heteroatoms. The van der Waals surface area contributed by atoms with Crippen LogP contribution < -0.4 is 0 Å². The molecule has 0 saturated heterocycles. The van der Waals surface area contributed by atoms with Gasteiger partial charge < -0.3 is 5.11 Å². The maximum atomic E-state index is 9.55. The Kier molecular flexibility index (Phi) is 3.93. The predicted octanol–water partition coefficient (Wildman–Crippen LogP) is 4.33. The third kappa shape index (κ3) is 3.22. The molecule has 0 spiro atoms. The van der Waals surface area contributed by atoms with Crippen LogP contribution in [0.25, 0.3) is 0 Å². The van der Waals surface area contributed by atoms with Crippen LogP contribution in [0.2, 0.25) is 0 Å². The molecule has 0 bridgehead atoms. The van der Waals surface area contributed by atoms with Crippen LogP contribution in [0.1, 0.15) is 54.9 Å². The summed E-state index contributed by atoms with van der Waals surface area (Å²) in [6.45, 7) is 15.5. The molecule has 17 heavy (non-hydrogen) atoms. The number of aliphatic hydroxyl groups excluding tert-OH is 1. The molecule has 0 aromatic heterocycles. The summed E-state index contributed by atoms with van der Waals surface area (Å²) in [5, 5.41) is 9.55. The van der Waals surface area contributed by atoms with Crippen LogP contribution in [-0.4, -0.2) is 11.2 Å². The quantitative estimate of drug-likeness (QED) is 0.707. The minimum absolute atomic E-state index is 0.168. The minimum Gasteiger partial charge on any atom is -0.389 e. The maximum Gasteiger partial charge on any atom is 0.0695 e. The van der Waals surface area contributed by atoms with Gasteiger partial charge in [0.1, 0.15) is 0 Å². The highest BCUT2D eigenvalue weighted by Gasteiger charge is 2.43. The van der Waals surface area contributed by atoms with Gasteiger partial charge in [-0.1, -0.05) is 51.0 Å². The molecule has 0 radical (unpaired) electrons. The first-order chi connectivity index (χ1) is 7.56. The molecule has 1 rings (SSSR count). The molecule has 0 aromatic carbocycles. The van der Waals surface area contributed by atoms with Crippen LogP contribution in [-0.2, 0) is 0 Å². The van der Waals surface area contributed by atoms with E-state index >= 15 is 0 Å². The van der Waals surface area contributed by atoms with Gasteiger partial charge in [-0.3, -0.25) is 0 Å². The highest BCUT2D eigenvalue weighted by atomic mass is 16.3. The number of allylic oxidation sites excluding steroid dienone is 3. The second-order valence-electron chi connectivity index (χ2n) is 7.06. The predicted molar refractivity (Wildman–Crippen MR) is 74.9 cm³/mol. The van der Waals surface area contributed by atoms with Gasteiger partial charge in [0.15, 0.2) is 0 Å². The average Bonchev–Trinajstić information content (AvgIpc) is 1.93. The first-order valence-corrected chi connectivity index (χ1v) is 6.61. The third-order valence-corrected chi connectivity index (χ3v) is 3.84. The van der Waals surface area contributed by atoms with Gasteiger partial charge in [-0.05, 0) is 43.9 Å². The molecule has 0 heterocycles. The van der Waals surface area contributed by atoms with Crippen LogP contribution in [0.5, 0.6) is 0 Å². The van der Waals surface area contributed by atoms with Crippen LogP contribution in [0.4, 0.5) is 0 Å². The van der Waals surface area contributed by atoms with E-state index in [2.05, 4.69) is 47.6 Å². The summed E-state index contributed by atoms with van der Waals surface area (Å²) in [5.74, 6) is 0.494. The topological polar surface area (TPSA) is 20.2 Å². The van der Waals surface area contributed by atoms with Crippen LogP contribution in [0.15, 0.2) is 23.3 Å². The second-order valence-corrected chi connectivity index (χ2v) is 7.06. The van der Waals surface area contributed by atoms with E-state index in [1.807, 2.05) is 13.0 Å². The summed E-state index contributed by atoms with van der Waals surface area (Å²) in [4.78, 5) is 0. The Morgan fingerprint density at radius 3 is 2.35 bits per heavy atom. The Morgan fingerprint density at radius 2 is 1.94 bits per heavy atom. The summed E-state index contributed by atoms with van der Waals surface area (Å²) in [6, 6.07) is 0. The zero-order chi connectivity index (χ0) is 13.4. The van der Waals surface area contributed by atoms with Crippen LogP contribution in [0.3, 0.4) is 0 Å². The summed E-state index contributed by atoms with van der Waals surface area (Å²) in [5.41, 5.74) is 3.24. The molecule has 2 unspecified atom stereocenters. The van der Waals surface area contributed by atoms with Gasteiger partial charge in [0, 0.05) is 0 Å². The molecule has 0 amide bonds. The van der Waals surface area contributed by atoms with E-state index in [0.717, 1.165) is 6.42 Å². The van der Waals surface area contributed by atoms with Gasteiger partial charge in [0.05, 0.1) is 6.10 Å². The zero-order valence-corrected chi connectivity index (χ0v) is 12.5. The van der Waals surface area contributed by atoms with E-state index in [-0.39, 0.29) is 16.9 Å². The van der Waals surface area contributed by atoms with Crippen molar-refractivity contribution in [3.8, 4) is 0 Å². The van der Waals surface area contributed by atoms with Gasteiger partial charge in [0.2, 0.25) is 0 Å². The van der Waals surface area contributed by atoms with Gasteiger partial charge in [-0.25, -0.2) is 0 Å². The van der Waals surface area contributed by atoms with Crippen molar-refractivity contribution < 1.29 is 5.11 Å². The lowest BCUT2D eigenvalue weighted by atomic mass is 9.56. The molecule has 1 aliphatic rings. The van der Waals surface area contributed by atoms with Gasteiger partial charge in [-0.2, -0.15) is 0 Å². The molecular weight excluding hydrogens is 208 g/mol. The van der Waals surface area contributed by atoms with E-state index in [0.29, 0.717) is 5.92 Å². The van der Waals surface area contributed by atoms with E-state index in [1.165, 1.54) is 11.1 Å². The van der Waals surface area contributed by atoms with Crippen molar-refractivity contribution in [2.24, 2.45) is 16.7 Å². The summed E-state index contributed by atoms with van der Waals surface area (Å²) < 4.78 is 0. The van der Waals surface area contributed by atoms with Gasteiger partial charge in [0.25, 0.3) is 0 Å². The van der Waals surface area contributed by atoms with Crippen molar-refractivity contribution in [2.75, 3.05) is 0 Å². The molecule has 0 aromatic rings. The fourth-order valence-corrected chi connectivity index (χ4v) is 4.28. The minimum atomic E-state index is -0.353. The van der Waals surface area contributed by atoms with E-state index in [1.54, 1.807) is 0 Å². The monoisotopic (exact) mass is 236 g/mol. The highest BCUT2D eigenvalue weighted by Crippen LogP contribution is 2.52. The molecule has 0 fully saturated rings. The first-order valence-electron chi connectivity index (χ1n) is 6.61. The lowest BCUT2D eigenvalue weighted by Crippen LogP contribution is -2.39. The molecule has 0 aliphatic heterocycles. The van der Waals surface area contributed by atoms with Crippen LogP contribution >= 0.6 is 0 Å². The molecule has 1 nitrogen and oxygen atoms in total. The normalized spacial score (nSPS) is 29.8. The van der Waals surface area contributed by atoms with Gasteiger partial charge >= 0.3 is 0 Å². The standard InChI is InChI=1S/C16H28O/c1-11-9-15(4,5)14(16(6,7)10-11)12(2)8-13(3)17/h8-9,13-14,17H,10H2,1-7H3. The summed E-state index contributed by atoms with van der Waals surface area (Å²) in [6.07, 6.45) is 5.20. The molecule has 1 N–H and O–H groups in total. The number of rotatable bonds is 2. The number of hydrogen-bond acceptors (Lipinski definition) is 1. The van der Waals surface area contributed by atoms with E-state index < -0.39 is 0 Å². The Labute approximate surface area is 107 Å². The van der Waals surface area contributed by atoms with Crippen molar-refractivity contribution in [1.82, 2.24) is 0 Å². The smallest absolute Gasteiger partial charge is 0.0695 e. The van der Waals surface area contributed by atoms with Crippen molar-refractivity contribution >= 4 is 0 Å². The average molecular weight is 236 g/mol. The third-order valence-electron chi connectivity index (χ3n) is 3.84. The Hall–Kier alpha value is -0.560. The molecule has 98 valence electrons. The fraction of sp³-hybridized carbons (Fsp3) is 0.750. The van der Waals surface area contributed by atoms with E-state index in [9.17, 15) is 5.11 Å². The number of aliphatic hydroxyl groups is 1. The highest BCUT2D eigenvalue weighted by molar-refractivity contribution is 5.24. The van der Waals surface area contributed by atoms with E-state index in [4.69, 9.17) is 0 Å². The lowest BCUT2D eigenvalue weighted by molar-refractivity contribution is 0.122. The van der Waals surface area contributed by atoms with Crippen molar-refractivity contribution in [3.63, 3.8) is 0 Å². The van der Waals surface area contributed by atoms with Crippen LogP contribution in [0, 0.1) is 16.7 Å². The zero-order valence-electron chi connectivity index (χ0n) is 12.5. The van der Waals surface area contributed by atoms with Crippen molar-refractivity contribution in [2.45, 2.75) is 61.0 Å². The Bertz CT molecular complexity index is 343. The van der Waals surface area contributed by atoms with Gasteiger partial charge in [-0.15, -0.1) is 0 Å². The molecular formula is C16H28O. The largest absolute Gasteiger partial charge is 0.389 e. The second kappa shape index (κ2) is 4.61. The Morgan fingerprint density at radius 1 is 1.41 bits per heavy atom. The molecule has 2 atom stereocenters. The fourth-order valence-electron chi connectivity index (χ4n) is 4.28.